The average Bonchev–Trinajstić information content (AvgIpc) is 3.15. The average molecular weight is 457 g/mol. The van der Waals surface area contributed by atoms with Gasteiger partial charge in [0.2, 0.25) is 0 Å². The number of fused-ring (bicyclic) bond motifs is 1. The maximum Gasteiger partial charge on any atom is 0.254 e. The summed E-state index contributed by atoms with van der Waals surface area (Å²) in [6.07, 6.45) is 0. The molecule has 0 aliphatic rings. The van der Waals surface area contributed by atoms with E-state index >= 15 is 0 Å². The first-order valence-electron chi connectivity index (χ1n) is 10.5. The van der Waals surface area contributed by atoms with Crippen LogP contribution in [-0.4, -0.2) is 14.8 Å². The Morgan fingerprint density at radius 3 is 2.39 bits per heavy atom. The molecule has 0 aliphatic carbocycles. The van der Waals surface area contributed by atoms with Gasteiger partial charge in [-0.1, -0.05) is 29.8 Å². The maximum absolute atomic E-state index is 12.8. The Balaban J connectivity index is 1.34. The monoisotopic (exact) mass is 456 g/mol. The van der Waals surface area contributed by atoms with Gasteiger partial charge in [-0.15, -0.1) is 0 Å². The van der Waals surface area contributed by atoms with Crippen LogP contribution in [0.3, 0.4) is 0 Å². The number of hydrogen-bond acceptors (Lipinski definition) is 4. The van der Waals surface area contributed by atoms with Crippen LogP contribution < -0.4 is 15.6 Å². The molecule has 6 nitrogen and oxygen atoms in total. The SMILES string of the molecule is Cc1nn(-c2ccc(Cl)cc2)c2[nH]c(=O)c(CNc3ccc(Oc4ccccc4)cc3)cc12. The number of nitrogens with one attached hydrogen (secondary N) is 2. The van der Waals surface area contributed by atoms with E-state index in [0.717, 1.165) is 34.0 Å². The van der Waals surface area contributed by atoms with Gasteiger partial charge in [0.25, 0.3) is 5.56 Å². The van der Waals surface area contributed by atoms with Crippen LogP contribution in [0.5, 0.6) is 11.5 Å². The van der Waals surface area contributed by atoms with Crippen molar-refractivity contribution in [3.8, 4) is 17.2 Å². The molecule has 5 rings (SSSR count). The Bertz CT molecular complexity index is 1460. The fourth-order valence-corrected chi connectivity index (χ4v) is 3.75. The van der Waals surface area contributed by atoms with E-state index in [1.165, 1.54) is 0 Å². The molecule has 33 heavy (non-hydrogen) atoms. The summed E-state index contributed by atoms with van der Waals surface area (Å²) in [4.78, 5) is 15.8. The second kappa shape index (κ2) is 8.84. The number of nitrogens with zero attached hydrogens (tertiary/aromatic N) is 2. The van der Waals surface area contributed by atoms with E-state index in [4.69, 9.17) is 16.3 Å². The number of ether oxygens (including phenoxy) is 1. The van der Waals surface area contributed by atoms with Crippen LogP contribution in [0.25, 0.3) is 16.7 Å². The molecule has 0 radical (unpaired) electrons. The number of hydrogen-bond donors (Lipinski definition) is 2. The number of aromatic nitrogens is 3. The minimum absolute atomic E-state index is 0.158. The number of para-hydroxylation sites is 1. The highest BCUT2D eigenvalue weighted by Crippen LogP contribution is 2.24. The Morgan fingerprint density at radius 1 is 0.970 bits per heavy atom. The van der Waals surface area contributed by atoms with Crippen LogP contribution in [0.15, 0.2) is 89.7 Å². The smallest absolute Gasteiger partial charge is 0.254 e. The third-order valence-corrected chi connectivity index (χ3v) is 5.59. The molecule has 7 heteroatoms. The van der Waals surface area contributed by atoms with Crippen LogP contribution in [0.1, 0.15) is 11.3 Å². The predicted octanol–water partition coefficient (Wildman–Crippen LogP) is 6.08. The quantitative estimate of drug-likeness (QED) is 0.325. The molecule has 2 aromatic heterocycles. The maximum atomic E-state index is 12.8. The zero-order chi connectivity index (χ0) is 22.8. The van der Waals surface area contributed by atoms with Crippen LogP contribution in [-0.2, 0) is 6.54 Å². The number of aromatic amines is 1. The van der Waals surface area contributed by atoms with E-state index in [1.54, 1.807) is 16.8 Å². The Morgan fingerprint density at radius 2 is 1.67 bits per heavy atom. The highest BCUT2D eigenvalue weighted by Gasteiger charge is 2.13. The summed E-state index contributed by atoms with van der Waals surface area (Å²) in [5.74, 6) is 1.53. The van der Waals surface area contributed by atoms with Crippen molar-refractivity contribution in [2.45, 2.75) is 13.5 Å². The van der Waals surface area contributed by atoms with Crippen molar-refractivity contribution >= 4 is 28.3 Å². The third-order valence-electron chi connectivity index (χ3n) is 5.34. The van der Waals surface area contributed by atoms with E-state index in [9.17, 15) is 4.79 Å². The van der Waals surface area contributed by atoms with Gasteiger partial charge in [0, 0.05) is 28.2 Å². The summed E-state index contributed by atoms with van der Waals surface area (Å²) in [6.45, 7) is 2.31. The minimum atomic E-state index is -0.158. The zero-order valence-electron chi connectivity index (χ0n) is 17.9. The Hall–Kier alpha value is -4.03. The van der Waals surface area contributed by atoms with Gasteiger partial charge in [0.15, 0.2) is 0 Å². The summed E-state index contributed by atoms with van der Waals surface area (Å²) in [7, 11) is 0. The summed E-state index contributed by atoms with van der Waals surface area (Å²) < 4.78 is 7.55. The van der Waals surface area contributed by atoms with Crippen molar-refractivity contribution in [2.24, 2.45) is 0 Å². The lowest BCUT2D eigenvalue weighted by Crippen LogP contribution is -2.16. The third kappa shape index (κ3) is 4.47. The van der Waals surface area contributed by atoms with Gasteiger partial charge in [0.05, 0.1) is 11.4 Å². The van der Waals surface area contributed by atoms with Gasteiger partial charge in [-0.3, -0.25) is 4.79 Å². The van der Waals surface area contributed by atoms with Crippen LogP contribution in [0.4, 0.5) is 5.69 Å². The van der Waals surface area contributed by atoms with Crippen molar-refractivity contribution in [1.82, 2.24) is 14.8 Å². The topological polar surface area (TPSA) is 71.9 Å². The van der Waals surface area contributed by atoms with E-state index in [0.29, 0.717) is 22.8 Å². The summed E-state index contributed by atoms with van der Waals surface area (Å²) in [5.41, 5.74) is 3.69. The molecule has 2 heterocycles. The van der Waals surface area contributed by atoms with Crippen molar-refractivity contribution in [3.05, 3.63) is 112 Å². The largest absolute Gasteiger partial charge is 0.457 e. The molecule has 2 N–H and O–H groups in total. The van der Waals surface area contributed by atoms with E-state index in [-0.39, 0.29) is 5.56 Å². The molecule has 0 amide bonds. The zero-order valence-corrected chi connectivity index (χ0v) is 18.6. The molecule has 5 aromatic rings. The second-order valence-corrected chi connectivity index (χ2v) is 8.09. The van der Waals surface area contributed by atoms with Gasteiger partial charge < -0.3 is 15.0 Å². The lowest BCUT2D eigenvalue weighted by atomic mass is 10.2. The molecule has 0 spiro atoms. The summed E-state index contributed by atoms with van der Waals surface area (Å²) in [6, 6.07) is 26.5. The molecule has 0 saturated carbocycles. The normalized spacial score (nSPS) is 11.0. The highest BCUT2D eigenvalue weighted by molar-refractivity contribution is 6.30. The Kier molecular flexibility index (Phi) is 5.59. The van der Waals surface area contributed by atoms with Gasteiger partial charge in [-0.25, -0.2) is 4.68 Å². The molecule has 0 bridgehead atoms. The minimum Gasteiger partial charge on any atom is -0.457 e. The molecule has 0 fully saturated rings. The van der Waals surface area contributed by atoms with Crippen molar-refractivity contribution in [1.29, 1.82) is 0 Å². The van der Waals surface area contributed by atoms with Crippen LogP contribution >= 0.6 is 11.6 Å². The number of rotatable bonds is 6. The lowest BCUT2D eigenvalue weighted by Gasteiger charge is -2.09. The van der Waals surface area contributed by atoms with Crippen molar-refractivity contribution < 1.29 is 4.74 Å². The summed E-state index contributed by atoms with van der Waals surface area (Å²) in [5, 5.41) is 9.45. The van der Waals surface area contributed by atoms with Crippen LogP contribution in [0.2, 0.25) is 5.02 Å². The van der Waals surface area contributed by atoms with Gasteiger partial charge in [0.1, 0.15) is 17.1 Å². The molecular formula is C26H21ClN4O2. The first-order chi connectivity index (χ1) is 16.1. The van der Waals surface area contributed by atoms with E-state index in [2.05, 4.69) is 15.4 Å². The van der Waals surface area contributed by atoms with Gasteiger partial charge >= 0.3 is 0 Å². The number of aryl methyl sites for hydroxylation is 1. The van der Waals surface area contributed by atoms with E-state index in [1.807, 2.05) is 79.7 Å². The van der Waals surface area contributed by atoms with Crippen molar-refractivity contribution in [3.63, 3.8) is 0 Å². The standard InChI is InChI=1S/C26H21ClN4O2/c1-17-24-15-18(26(32)29-25(24)31(30-17)21-11-7-19(27)8-12-21)16-28-20-9-13-23(14-10-20)33-22-5-3-2-4-6-22/h2-15,28H,16H2,1H3,(H,29,32). The predicted molar refractivity (Wildman–Crippen MR) is 132 cm³/mol. The number of benzene rings is 3. The second-order valence-electron chi connectivity index (χ2n) is 7.65. The molecule has 0 saturated heterocycles. The number of anilines is 1. The lowest BCUT2D eigenvalue weighted by molar-refractivity contribution is 0.483. The van der Waals surface area contributed by atoms with Crippen LogP contribution in [0, 0.1) is 6.92 Å². The molecule has 164 valence electrons. The first-order valence-corrected chi connectivity index (χ1v) is 10.9. The molecule has 3 aromatic carbocycles. The number of halogens is 1. The summed E-state index contributed by atoms with van der Waals surface area (Å²) >= 11 is 6.00. The molecule has 0 atom stereocenters. The molecular weight excluding hydrogens is 436 g/mol. The Labute approximate surface area is 195 Å². The van der Waals surface area contributed by atoms with E-state index < -0.39 is 0 Å². The fourth-order valence-electron chi connectivity index (χ4n) is 3.62. The number of pyridine rings is 1. The number of H-pyrrole nitrogens is 1. The molecule has 0 unspecified atom stereocenters. The fraction of sp³-hybridized carbons (Fsp3) is 0.0769. The molecule has 0 aliphatic heterocycles. The van der Waals surface area contributed by atoms with Gasteiger partial charge in [-0.05, 0) is 73.7 Å². The van der Waals surface area contributed by atoms with Crippen molar-refractivity contribution in [2.75, 3.05) is 5.32 Å². The van der Waals surface area contributed by atoms with Gasteiger partial charge in [-0.2, -0.15) is 5.10 Å². The first kappa shape index (κ1) is 20.8. The highest BCUT2D eigenvalue weighted by atomic mass is 35.5.